The molecule has 0 bridgehead atoms. The lowest BCUT2D eigenvalue weighted by molar-refractivity contribution is -0.143. The summed E-state index contributed by atoms with van der Waals surface area (Å²) in [5.74, 6) is -0.235. The van der Waals surface area contributed by atoms with Gasteiger partial charge in [-0.3, -0.25) is 9.36 Å². The second-order valence-electron chi connectivity index (χ2n) is 9.42. The summed E-state index contributed by atoms with van der Waals surface area (Å²) in [5.41, 5.74) is 2.34. The molecule has 204 valence electrons. The maximum Gasteiger partial charge on any atom is 0.338 e. The Balaban J connectivity index is 1.80. The van der Waals surface area contributed by atoms with E-state index in [1.165, 1.54) is 23.0 Å². The van der Waals surface area contributed by atoms with E-state index in [0.717, 1.165) is 24.2 Å². The number of aromatic nitrogens is 1. The molecule has 0 radical (unpaired) electrons. The van der Waals surface area contributed by atoms with Crippen molar-refractivity contribution in [1.82, 2.24) is 4.57 Å². The zero-order chi connectivity index (χ0) is 28.1. The molecule has 8 nitrogen and oxygen atoms in total. The van der Waals surface area contributed by atoms with E-state index < -0.39 is 18.0 Å². The Bertz CT molecular complexity index is 1560. The van der Waals surface area contributed by atoms with Crippen LogP contribution in [0, 0.1) is 0 Å². The minimum absolute atomic E-state index is 0.272. The van der Waals surface area contributed by atoms with E-state index in [0.29, 0.717) is 32.8 Å². The lowest BCUT2D eigenvalue weighted by Crippen LogP contribution is -2.40. The first-order chi connectivity index (χ1) is 18.7. The molecule has 0 saturated heterocycles. The van der Waals surface area contributed by atoms with Gasteiger partial charge in [0.05, 0.1) is 47.2 Å². The van der Waals surface area contributed by atoms with E-state index in [1.54, 1.807) is 45.0 Å². The number of fused-ring (bicyclic) bond motifs is 1. The molecule has 0 spiro atoms. The van der Waals surface area contributed by atoms with Crippen LogP contribution >= 0.6 is 11.3 Å². The highest BCUT2D eigenvalue weighted by Gasteiger charge is 2.33. The number of carbonyl (C=O) groups excluding carboxylic acids is 2. The van der Waals surface area contributed by atoms with E-state index in [-0.39, 0.29) is 17.2 Å². The number of rotatable bonds is 9. The van der Waals surface area contributed by atoms with Crippen LogP contribution in [-0.4, -0.2) is 36.3 Å². The van der Waals surface area contributed by atoms with Gasteiger partial charge in [0.25, 0.3) is 5.56 Å². The quantitative estimate of drug-likeness (QED) is 0.294. The monoisotopic (exact) mass is 548 g/mol. The summed E-state index contributed by atoms with van der Waals surface area (Å²) < 4.78 is 18.1. The van der Waals surface area contributed by atoms with Crippen molar-refractivity contribution in [3.8, 4) is 5.75 Å². The van der Waals surface area contributed by atoms with Crippen LogP contribution in [0.15, 0.2) is 69.6 Å². The minimum Gasteiger partial charge on any atom is -0.494 e. The molecule has 0 fully saturated rings. The van der Waals surface area contributed by atoms with Gasteiger partial charge in [0, 0.05) is 0 Å². The van der Waals surface area contributed by atoms with Crippen LogP contribution in [0.2, 0.25) is 0 Å². The van der Waals surface area contributed by atoms with Gasteiger partial charge in [0.1, 0.15) is 5.75 Å². The van der Waals surface area contributed by atoms with Crippen LogP contribution in [0.1, 0.15) is 68.1 Å². The summed E-state index contributed by atoms with van der Waals surface area (Å²) >= 11 is 1.26. The fraction of sp³-hybridized carbons (Fsp3) is 0.333. The van der Waals surface area contributed by atoms with Crippen molar-refractivity contribution in [2.75, 3.05) is 13.7 Å². The largest absolute Gasteiger partial charge is 0.494 e. The number of unbranched alkanes of at least 4 members (excludes halogenated alkanes) is 1. The minimum atomic E-state index is -0.768. The second-order valence-corrected chi connectivity index (χ2v) is 10.4. The summed E-state index contributed by atoms with van der Waals surface area (Å²) in [6.07, 6.45) is 3.51. The lowest BCUT2D eigenvalue weighted by atomic mass is 9.95. The van der Waals surface area contributed by atoms with Gasteiger partial charge < -0.3 is 14.2 Å². The topological polar surface area (TPSA) is 96.2 Å². The highest BCUT2D eigenvalue weighted by molar-refractivity contribution is 7.07. The van der Waals surface area contributed by atoms with Crippen molar-refractivity contribution in [2.24, 2.45) is 4.99 Å². The van der Waals surface area contributed by atoms with Gasteiger partial charge in [0.2, 0.25) is 0 Å². The number of allylic oxidation sites excluding steroid dienone is 1. The van der Waals surface area contributed by atoms with Gasteiger partial charge in [-0.2, -0.15) is 0 Å². The first kappa shape index (κ1) is 28.0. The summed E-state index contributed by atoms with van der Waals surface area (Å²) in [6, 6.07) is 13.5. The highest BCUT2D eigenvalue weighted by Crippen LogP contribution is 2.31. The zero-order valence-corrected chi connectivity index (χ0v) is 23.5. The van der Waals surface area contributed by atoms with Gasteiger partial charge >= 0.3 is 11.9 Å². The molecule has 1 aliphatic rings. The number of nitrogens with zero attached hydrogens (tertiary/aromatic N) is 2. The molecule has 0 N–H and O–H groups in total. The van der Waals surface area contributed by atoms with Gasteiger partial charge in [0.15, 0.2) is 4.80 Å². The fourth-order valence-electron chi connectivity index (χ4n) is 4.24. The number of hydrogen-bond donors (Lipinski definition) is 0. The summed E-state index contributed by atoms with van der Waals surface area (Å²) in [5, 5.41) is 0. The third-order valence-electron chi connectivity index (χ3n) is 6.18. The first-order valence-electron chi connectivity index (χ1n) is 12.9. The van der Waals surface area contributed by atoms with Crippen molar-refractivity contribution in [1.29, 1.82) is 0 Å². The summed E-state index contributed by atoms with van der Waals surface area (Å²) in [6.45, 7) is 8.05. The number of carbonyl (C=O) groups is 2. The number of hydrogen-bond acceptors (Lipinski definition) is 8. The predicted molar refractivity (Wildman–Crippen MR) is 150 cm³/mol. The molecule has 4 rings (SSSR count). The zero-order valence-electron chi connectivity index (χ0n) is 22.7. The first-order valence-corrected chi connectivity index (χ1v) is 13.7. The molecule has 39 heavy (non-hydrogen) atoms. The number of thiazole rings is 1. The Hall–Kier alpha value is -3.98. The Morgan fingerprint density at radius 3 is 2.38 bits per heavy atom. The van der Waals surface area contributed by atoms with Gasteiger partial charge in [-0.1, -0.05) is 48.9 Å². The lowest BCUT2D eigenvalue weighted by Gasteiger charge is -2.25. The summed E-state index contributed by atoms with van der Waals surface area (Å²) in [4.78, 5) is 44.1. The van der Waals surface area contributed by atoms with E-state index in [4.69, 9.17) is 14.2 Å². The van der Waals surface area contributed by atoms with E-state index in [9.17, 15) is 14.4 Å². The van der Waals surface area contributed by atoms with Crippen LogP contribution in [-0.2, 0) is 14.3 Å². The van der Waals surface area contributed by atoms with Crippen molar-refractivity contribution in [3.05, 3.63) is 96.2 Å². The smallest absolute Gasteiger partial charge is 0.338 e. The van der Waals surface area contributed by atoms with Crippen LogP contribution in [0.25, 0.3) is 6.08 Å². The van der Waals surface area contributed by atoms with Crippen LogP contribution in [0.3, 0.4) is 0 Å². The van der Waals surface area contributed by atoms with E-state index in [1.807, 2.05) is 30.3 Å². The highest BCUT2D eigenvalue weighted by atomic mass is 32.1. The molecule has 1 aromatic heterocycles. The van der Waals surface area contributed by atoms with Gasteiger partial charge in [-0.05, 0) is 68.7 Å². The average molecular weight is 549 g/mol. The second kappa shape index (κ2) is 12.3. The van der Waals surface area contributed by atoms with Crippen LogP contribution in [0.5, 0.6) is 5.75 Å². The Morgan fingerprint density at radius 1 is 1.08 bits per heavy atom. The normalized spacial score (nSPS) is 15.1. The average Bonchev–Trinajstić information content (AvgIpc) is 3.22. The molecular weight excluding hydrogens is 516 g/mol. The molecular formula is C30H32N2O6S. The van der Waals surface area contributed by atoms with Crippen molar-refractivity contribution in [2.45, 2.75) is 52.7 Å². The summed E-state index contributed by atoms with van der Waals surface area (Å²) in [7, 11) is 1.31. The van der Waals surface area contributed by atoms with Crippen molar-refractivity contribution in [3.63, 3.8) is 0 Å². The number of ether oxygens (including phenoxy) is 3. The Morgan fingerprint density at radius 2 is 1.77 bits per heavy atom. The van der Waals surface area contributed by atoms with Gasteiger partial charge in [-0.25, -0.2) is 14.6 Å². The number of methoxy groups -OCH3 is 1. The van der Waals surface area contributed by atoms with Gasteiger partial charge in [-0.15, -0.1) is 0 Å². The SMILES string of the molecule is CCCCOc1ccc(C=c2sc3n(c2=O)C(c2ccc(C(=O)OC)cc2)C(C(=O)OC(C)C)=C(C)N=3)cc1. The Labute approximate surface area is 230 Å². The number of benzene rings is 2. The molecule has 0 aliphatic carbocycles. The van der Waals surface area contributed by atoms with Crippen LogP contribution < -0.4 is 19.6 Å². The maximum atomic E-state index is 13.8. The molecule has 9 heteroatoms. The van der Waals surface area contributed by atoms with Crippen LogP contribution in [0.4, 0.5) is 0 Å². The van der Waals surface area contributed by atoms with Crippen molar-refractivity contribution >= 4 is 29.4 Å². The third kappa shape index (κ3) is 6.20. The molecule has 3 aromatic rings. The van der Waals surface area contributed by atoms with E-state index in [2.05, 4.69) is 11.9 Å². The fourth-order valence-corrected chi connectivity index (χ4v) is 5.29. The predicted octanol–water partition coefficient (Wildman–Crippen LogP) is 4.15. The molecule has 1 unspecified atom stereocenters. The molecule has 0 amide bonds. The molecule has 2 heterocycles. The molecule has 0 saturated carbocycles. The maximum absolute atomic E-state index is 13.8. The van der Waals surface area contributed by atoms with Crippen molar-refractivity contribution < 1.29 is 23.8 Å². The van der Waals surface area contributed by atoms with E-state index >= 15 is 0 Å². The standard InChI is InChI=1S/C30H32N2O6S/c1-6-7-16-37-23-14-8-20(9-15-23)17-24-27(33)32-26(21-10-12-22(13-11-21)28(34)36-5)25(29(35)38-18(2)3)19(4)31-30(32)39-24/h8-15,17-18,26H,6-7,16H2,1-5H3. The molecule has 1 aliphatic heterocycles. The molecule has 2 aromatic carbocycles. The number of esters is 2. The Kier molecular flexibility index (Phi) is 8.81. The third-order valence-corrected chi connectivity index (χ3v) is 7.16. The molecule has 1 atom stereocenters.